The number of benzene rings is 1. The van der Waals surface area contributed by atoms with Crippen molar-refractivity contribution >= 4 is 33.7 Å². The van der Waals surface area contributed by atoms with Gasteiger partial charge in [0.2, 0.25) is 0 Å². The summed E-state index contributed by atoms with van der Waals surface area (Å²) < 4.78 is 5.88. The molecule has 0 N–H and O–H groups in total. The van der Waals surface area contributed by atoms with E-state index in [1.807, 2.05) is 12.1 Å². The van der Waals surface area contributed by atoms with Crippen LogP contribution in [0.2, 0.25) is 0 Å². The summed E-state index contributed by atoms with van der Waals surface area (Å²) in [6, 6.07) is 8.18. The lowest BCUT2D eigenvalue weighted by Crippen LogP contribution is -2.34. The normalized spacial score (nSPS) is 20.5. The molecule has 1 aliphatic heterocycles. The van der Waals surface area contributed by atoms with E-state index in [0.29, 0.717) is 0 Å². The van der Waals surface area contributed by atoms with Gasteiger partial charge in [-0.25, -0.2) is 4.79 Å². The van der Waals surface area contributed by atoms with E-state index >= 15 is 0 Å². The highest BCUT2D eigenvalue weighted by Gasteiger charge is 2.31. The standard InChI is InChI=1S/C12H14BrNO2S/c1-16-12(15)11-14(6-7-17-11)8-9-2-4-10(13)5-3-9/h2-5,11H,6-8H2,1H3. The summed E-state index contributed by atoms with van der Waals surface area (Å²) in [5.41, 5.74) is 1.21. The van der Waals surface area contributed by atoms with Crippen LogP contribution < -0.4 is 0 Å². The van der Waals surface area contributed by atoms with Crippen LogP contribution in [0.4, 0.5) is 0 Å². The first-order valence-corrected chi connectivity index (χ1v) is 7.23. The van der Waals surface area contributed by atoms with E-state index in [0.717, 1.165) is 23.3 Å². The third kappa shape index (κ3) is 3.24. The van der Waals surface area contributed by atoms with E-state index in [4.69, 9.17) is 4.74 Å². The van der Waals surface area contributed by atoms with Gasteiger partial charge in [-0.05, 0) is 17.7 Å². The van der Waals surface area contributed by atoms with Crippen LogP contribution in [0.3, 0.4) is 0 Å². The van der Waals surface area contributed by atoms with Crippen molar-refractivity contribution in [2.24, 2.45) is 0 Å². The van der Waals surface area contributed by atoms with E-state index in [1.54, 1.807) is 11.8 Å². The van der Waals surface area contributed by atoms with Gasteiger partial charge in [0.15, 0.2) is 5.37 Å². The van der Waals surface area contributed by atoms with Gasteiger partial charge in [-0.1, -0.05) is 28.1 Å². The van der Waals surface area contributed by atoms with Gasteiger partial charge in [0.1, 0.15) is 0 Å². The highest BCUT2D eigenvalue weighted by Crippen LogP contribution is 2.26. The first kappa shape index (κ1) is 12.9. The fraction of sp³-hybridized carbons (Fsp3) is 0.417. The lowest BCUT2D eigenvalue weighted by atomic mass is 10.2. The summed E-state index contributed by atoms with van der Waals surface area (Å²) in [6.45, 7) is 1.72. The summed E-state index contributed by atoms with van der Waals surface area (Å²) in [5, 5.41) is -0.149. The lowest BCUT2D eigenvalue weighted by Gasteiger charge is -2.21. The lowest BCUT2D eigenvalue weighted by molar-refractivity contribution is -0.143. The Labute approximate surface area is 114 Å². The number of esters is 1. The molecule has 1 aromatic carbocycles. The predicted molar refractivity (Wildman–Crippen MR) is 72.8 cm³/mol. The molecule has 5 heteroatoms. The van der Waals surface area contributed by atoms with Gasteiger partial charge in [-0.2, -0.15) is 0 Å². The van der Waals surface area contributed by atoms with Crippen molar-refractivity contribution in [1.82, 2.24) is 4.90 Å². The summed E-state index contributed by atoms with van der Waals surface area (Å²) in [4.78, 5) is 13.7. The number of halogens is 1. The van der Waals surface area contributed by atoms with E-state index in [9.17, 15) is 4.79 Å². The first-order chi connectivity index (χ1) is 8.20. The second-order valence-electron chi connectivity index (χ2n) is 3.84. The summed E-state index contributed by atoms with van der Waals surface area (Å²) in [5.74, 6) is 0.834. The Morgan fingerprint density at radius 2 is 2.24 bits per heavy atom. The molecule has 0 spiro atoms. The molecule has 0 saturated carbocycles. The maximum atomic E-state index is 11.6. The predicted octanol–water partition coefficient (Wildman–Crippen LogP) is 2.50. The van der Waals surface area contributed by atoms with Crippen molar-refractivity contribution in [2.75, 3.05) is 19.4 Å². The number of carbonyl (C=O) groups is 1. The van der Waals surface area contributed by atoms with Crippen molar-refractivity contribution in [1.29, 1.82) is 0 Å². The largest absolute Gasteiger partial charge is 0.467 e. The summed E-state index contributed by atoms with van der Waals surface area (Å²) in [6.07, 6.45) is 0. The Bertz CT molecular complexity index is 396. The molecule has 1 unspecified atom stereocenters. The van der Waals surface area contributed by atoms with Crippen LogP contribution in [0.1, 0.15) is 5.56 Å². The molecule has 2 rings (SSSR count). The monoisotopic (exact) mass is 315 g/mol. The highest BCUT2D eigenvalue weighted by molar-refractivity contribution is 9.10. The van der Waals surface area contributed by atoms with E-state index in [2.05, 4.69) is 33.0 Å². The minimum Gasteiger partial charge on any atom is -0.467 e. The number of thioether (sulfide) groups is 1. The Balaban J connectivity index is 2.02. The number of hydrogen-bond acceptors (Lipinski definition) is 4. The topological polar surface area (TPSA) is 29.5 Å². The minimum atomic E-state index is -0.149. The Hall–Kier alpha value is -0.520. The molecule has 0 radical (unpaired) electrons. The van der Waals surface area contributed by atoms with E-state index in [1.165, 1.54) is 12.7 Å². The summed E-state index contributed by atoms with van der Waals surface area (Å²) in [7, 11) is 1.44. The fourth-order valence-electron chi connectivity index (χ4n) is 1.81. The van der Waals surface area contributed by atoms with Crippen LogP contribution in [0, 0.1) is 0 Å². The number of nitrogens with zero attached hydrogens (tertiary/aromatic N) is 1. The molecule has 1 saturated heterocycles. The smallest absolute Gasteiger partial charge is 0.333 e. The molecule has 17 heavy (non-hydrogen) atoms. The molecule has 1 aromatic rings. The number of hydrogen-bond donors (Lipinski definition) is 0. The Morgan fingerprint density at radius 3 is 2.88 bits per heavy atom. The number of carbonyl (C=O) groups excluding carboxylic acids is 1. The van der Waals surface area contributed by atoms with Crippen LogP contribution >= 0.6 is 27.7 Å². The van der Waals surface area contributed by atoms with Crippen molar-refractivity contribution < 1.29 is 9.53 Å². The molecule has 0 aliphatic carbocycles. The second-order valence-corrected chi connectivity index (χ2v) is 5.95. The van der Waals surface area contributed by atoms with Gasteiger partial charge in [-0.15, -0.1) is 11.8 Å². The van der Waals surface area contributed by atoms with Crippen molar-refractivity contribution in [3.63, 3.8) is 0 Å². The Kier molecular flexibility index (Phi) is 4.48. The maximum Gasteiger partial charge on any atom is 0.333 e. The van der Waals surface area contributed by atoms with Crippen LogP contribution in [0.5, 0.6) is 0 Å². The number of ether oxygens (including phenoxy) is 1. The third-order valence-corrected chi connectivity index (χ3v) is 4.44. The zero-order valence-electron chi connectivity index (χ0n) is 9.56. The van der Waals surface area contributed by atoms with Crippen molar-refractivity contribution in [2.45, 2.75) is 11.9 Å². The van der Waals surface area contributed by atoms with Crippen molar-refractivity contribution in [3.05, 3.63) is 34.3 Å². The van der Waals surface area contributed by atoms with Gasteiger partial charge < -0.3 is 4.74 Å². The van der Waals surface area contributed by atoms with Crippen LogP contribution in [-0.4, -0.2) is 35.7 Å². The van der Waals surface area contributed by atoms with E-state index in [-0.39, 0.29) is 11.3 Å². The molecule has 3 nitrogen and oxygen atoms in total. The van der Waals surface area contributed by atoms with Gasteiger partial charge in [0.25, 0.3) is 0 Å². The van der Waals surface area contributed by atoms with Gasteiger partial charge in [-0.3, -0.25) is 4.90 Å². The zero-order valence-corrected chi connectivity index (χ0v) is 12.0. The first-order valence-electron chi connectivity index (χ1n) is 5.38. The van der Waals surface area contributed by atoms with Crippen LogP contribution in [-0.2, 0) is 16.1 Å². The SMILES string of the molecule is COC(=O)C1SCCN1Cc1ccc(Br)cc1. The molecule has 0 aromatic heterocycles. The third-order valence-electron chi connectivity index (χ3n) is 2.69. The van der Waals surface area contributed by atoms with Crippen LogP contribution in [0.15, 0.2) is 28.7 Å². The number of methoxy groups -OCH3 is 1. The quantitative estimate of drug-likeness (QED) is 0.802. The molecule has 1 aliphatic rings. The molecule has 0 bridgehead atoms. The molecule has 0 amide bonds. The van der Waals surface area contributed by atoms with Gasteiger partial charge in [0.05, 0.1) is 7.11 Å². The highest BCUT2D eigenvalue weighted by atomic mass is 79.9. The molecule has 92 valence electrons. The molecular formula is C12H14BrNO2S. The van der Waals surface area contributed by atoms with Gasteiger partial charge >= 0.3 is 5.97 Å². The number of rotatable bonds is 3. The molecule has 1 atom stereocenters. The second kappa shape index (κ2) is 5.89. The average Bonchev–Trinajstić information content (AvgIpc) is 2.79. The van der Waals surface area contributed by atoms with Crippen molar-refractivity contribution in [3.8, 4) is 0 Å². The molecule has 1 fully saturated rings. The fourth-order valence-corrected chi connectivity index (χ4v) is 3.26. The van der Waals surface area contributed by atoms with Gasteiger partial charge in [0, 0.05) is 23.3 Å². The molecule has 1 heterocycles. The Morgan fingerprint density at radius 1 is 1.53 bits per heavy atom. The average molecular weight is 316 g/mol. The molecular weight excluding hydrogens is 302 g/mol. The minimum absolute atomic E-state index is 0.149. The zero-order chi connectivity index (χ0) is 12.3. The summed E-state index contributed by atoms with van der Waals surface area (Å²) >= 11 is 5.06. The van der Waals surface area contributed by atoms with E-state index < -0.39 is 0 Å². The maximum absolute atomic E-state index is 11.6. The van der Waals surface area contributed by atoms with Crippen LogP contribution in [0.25, 0.3) is 0 Å².